The van der Waals surface area contributed by atoms with Crippen LogP contribution >= 0.6 is 46.4 Å². The van der Waals surface area contributed by atoms with E-state index in [1.807, 2.05) is 0 Å². The zero-order valence-corrected chi connectivity index (χ0v) is 7.97. The molecule has 60 valence electrons. The molecule has 0 aromatic carbocycles. The van der Waals surface area contributed by atoms with Gasteiger partial charge in [0, 0.05) is 0 Å². The fourth-order valence-electron chi connectivity index (χ4n) is 0.511. The average molecular weight is 233 g/mol. The number of hydrogen-bond donors (Lipinski definition) is 0. The minimum atomic E-state index is -0.180. The van der Waals surface area contributed by atoms with Gasteiger partial charge >= 0.3 is 10.3 Å². The van der Waals surface area contributed by atoms with Gasteiger partial charge in [-0.25, -0.2) is 0 Å². The third kappa shape index (κ3) is 1.64. The van der Waals surface area contributed by atoms with E-state index in [-0.39, 0.29) is 25.1 Å². The molecule has 0 saturated carbocycles. The van der Waals surface area contributed by atoms with Crippen LogP contribution in [0.2, 0.25) is 20.4 Å². The van der Waals surface area contributed by atoms with Crippen molar-refractivity contribution in [1.82, 2.24) is 0 Å². The number of pyridine rings is 1. The van der Waals surface area contributed by atoms with E-state index in [4.69, 9.17) is 46.4 Å². The number of hydrogen-bond acceptors (Lipinski definition) is 1. The zero-order valence-electron chi connectivity index (χ0n) is 4.94. The van der Waals surface area contributed by atoms with E-state index in [0.717, 1.165) is 0 Å². The van der Waals surface area contributed by atoms with Crippen LogP contribution in [0, 0.1) is 5.21 Å². The minimum Gasteiger partial charge on any atom is -0.616 e. The summed E-state index contributed by atoms with van der Waals surface area (Å²) in [6.07, 6.45) is 0. The van der Waals surface area contributed by atoms with Gasteiger partial charge in [0.25, 0.3) is 0 Å². The molecule has 0 spiro atoms. The molecule has 1 heterocycles. The van der Waals surface area contributed by atoms with E-state index >= 15 is 0 Å². The third-order valence-electron chi connectivity index (χ3n) is 1.00. The SMILES string of the molecule is [O-][n+]1c(Cl)c(Cl)cc(Cl)c1Cl. The molecule has 0 aliphatic rings. The lowest BCUT2D eigenvalue weighted by atomic mass is 10.5. The van der Waals surface area contributed by atoms with Gasteiger partial charge in [-0.2, -0.15) is 0 Å². The highest BCUT2D eigenvalue weighted by molar-refractivity contribution is 6.44. The number of rotatable bonds is 0. The van der Waals surface area contributed by atoms with Gasteiger partial charge < -0.3 is 5.21 Å². The lowest BCUT2D eigenvalue weighted by Gasteiger charge is -2.02. The van der Waals surface area contributed by atoms with Crippen LogP contribution in [0.1, 0.15) is 0 Å². The van der Waals surface area contributed by atoms with E-state index < -0.39 is 0 Å². The van der Waals surface area contributed by atoms with Gasteiger partial charge in [-0.3, -0.25) is 0 Å². The summed E-state index contributed by atoms with van der Waals surface area (Å²) in [7, 11) is 0. The van der Waals surface area contributed by atoms with Gasteiger partial charge in [-0.1, -0.05) is 23.2 Å². The van der Waals surface area contributed by atoms with Crippen LogP contribution in [0.25, 0.3) is 0 Å². The second-order valence-electron chi connectivity index (χ2n) is 1.72. The Balaban J connectivity index is 3.46. The van der Waals surface area contributed by atoms with Crippen molar-refractivity contribution in [1.29, 1.82) is 0 Å². The van der Waals surface area contributed by atoms with E-state index in [1.54, 1.807) is 0 Å². The van der Waals surface area contributed by atoms with Gasteiger partial charge in [0.05, 0.1) is 0 Å². The standard InChI is InChI=1S/C5HCl4NO/c6-2-1-3(7)5(9)10(11)4(2)8/h1H. The minimum absolute atomic E-state index is 0.0797. The molecule has 0 radical (unpaired) electrons. The topological polar surface area (TPSA) is 26.9 Å². The van der Waals surface area contributed by atoms with Gasteiger partial charge in [0.15, 0.2) is 0 Å². The first-order chi connectivity index (χ1) is 5.04. The monoisotopic (exact) mass is 231 g/mol. The second kappa shape index (κ2) is 3.23. The number of aromatic nitrogens is 1. The molecule has 0 bridgehead atoms. The first kappa shape index (κ1) is 9.20. The molecule has 0 unspecified atom stereocenters. The fraction of sp³-hybridized carbons (Fsp3) is 0. The van der Waals surface area contributed by atoms with Gasteiger partial charge in [-0.05, 0) is 29.3 Å². The lowest BCUT2D eigenvalue weighted by Crippen LogP contribution is -2.29. The van der Waals surface area contributed by atoms with Crippen molar-refractivity contribution in [2.24, 2.45) is 0 Å². The molecule has 2 nitrogen and oxygen atoms in total. The first-order valence-corrected chi connectivity index (χ1v) is 3.97. The Bertz CT molecular complexity index is 275. The second-order valence-corrected chi connectivity index (χ2v) is 3.25. The van der Waals surface area contributed by atoms with E-state index in [1.165, 1.54) is 6.07 Å². The molecule has 0 aliphatic heterocycles. The van der Waals surface area contributed by atoms with Crippen molar-refractivity contribution in [3.05, 3.63) is 31.6 Å². The molecular formula is C5HCl4NO. The Morgan fingerprint density at radius 3 is 1.73 bits per heavy atom. The zero-order chi connectivity index (χ0) is 8.59. The average Bonchev–Trinajstić information content (AvgIpc) is 1.97. The molecule has 1 rings (SSSR count). The molecule has 0 aliphatic carbocycles. The summed E-state index contributed by atoms with van der Waals surface area (Å²) in [6.45, 7) is 0. The summed E-state index contributed by atoms with van der Waals surface area (Å²) in [6, 6.07) is 1.31. The van der Waals surface area contributed by atoms with Crippen molar-refractivity contribution in [3.8, 4) is 0 Å². The summed E-state index contributed by atoms with van der Waals surface area (Å²) >= 11 is 21.9. The summed E-state index contributed by atoms with van der Waals surface area (Å²) in [4.78, 5) is 0. The van der Waals surface area contributed by atoms with Crippen LogP contribution in [0.4, 0.5) is 0 Å². The quantitative estimate of drug-likeness (QED) is 0.384. The highest BCUT2D eigenvalue weighted by Crippen LogP contribution is 2.26. The van der Waals surface area contributed by atoms with Crippen LogP contribution in [0.15, 0.2) is 6.07 Å². The van der Waals surface area contributed by atoms with Gasteiger partial charge in [-0.15, -0.1) is 4.73 Å². The van der Waals surface area contributed by atoms with Gasteiger partial charge in [0.2, 0.25) is 0 Å². The van der Waals surface area contributed by atoms with Crippen molar-refractivity contribution >= 4 is 46.4 Å². The molecule has 0 atom stereocenters. The molecule has 1 aromatic rings. The number of nitrogens with zero attached hydrogens (tertiary/aromatic N) is 1. The molecule has 0 fully saturated rings. The maximum Gasteiger partial charge on any atom is 0.306 e. The van der Waals surface area contributed by atoms with Crippen molar-refractivity contribution in [3.63, 3.8) is 0 Å². The molecule has 1 aromatic heterocycles. The lowest BCUT2D eigenvalue weighted by molar-refractivity contribution is -0.600. The molecular weight excluding hydrogens is 232 g/mol. The Labute approximate surface area is 82.8 Å². The van der Waals surface area contributed by atoms with Crippen LogP contribution in [-0.2, 0) is 0 Å². The predicted molar refractivity (Wildman–Crippen MR) is 45.4 cm³/mol. The highest BCUT2D eigenvalue weighted by atomic mass is 35.5. The fourth-order valence-corrected chi connectivity index (χ4v) is 1.26. The molecule has 0 saturated heterocycles. The van der Waals surface area contributed by atoms with E-state index in [9.17, 15) is 5.21 Å². The van der Waals surface area contributed by atoms with Crippen LogP contribution in [0.5, 0.6) is 0 Å². The van der Waals surface area contributed by atoms with E-state index in [0.29, 0.717) is 0 Å². The Morgan fingerprint density at radius 2 is 1.36 bits per heavy atom. The summed E-state index contributed by atoms with van der Waals surface area (Å²) in [5.41, 5.74) is 0. The maximum absolute atomic E-state index is 10.9. The van der Waals surface area contributed by atoms with Crippen molar-refractivity contribution < 1.29 is 4.73 Å². The highest BCUT2D eigenvalue weighted by Gasteiger charge is 2.16. The summed E-state index contributed by atoms with van der Waals surface area (Å²) < 4.78 is 0.258. The maximum atomic E-state index is 10.9. The third-order valence-corrected chi connectivity index (χ3v) is 2.49. The predicted octanol–water partition coefficient (Wildman–Crippen LogP) is 2.93. The Hall–Kier alpha value is 0.110. The summed E-state index contributed by atoms with van der Waals surface area (Å²) in [5.74, 6) is 0. The van der Waals surface area contributed by atoms with Crippen molar-refractivity contribution in [2.75, 3.05) is 0 Å². The first-order valence-electron chi connectivity index (χ1n) is 2.46. The molecule has 11 heavy (non-hydrogen) atoms. The number of halogens is 4. The van der Waals surface area contributed by atoms with Crippen LogP contribution in [-0.4, -0.2) is 0 Å². The van der Waals surface area contributed by atoms with E-state index in [2.05, 4.69) is 0 Å². The largest absolute Gasteiger partial charge is 0.616 e. The van der Waals surface area contributed by atoms with Crippen LogP contribution in [0.3, 0.4) is 0 Å². The van der Waals surface area contributed by atoms with Crippen molar-refractivity contribution in [2.45, 2.75) is 0 Å². The summed E-state index contributed by atoms with van der Waals surface area (Å²) in [5, 5.41) is 10.7. The Kier molecular flexibility index (Phi) is 2.70. The van der Waals surface area contributed by atoms with Gasteiger partial charge in [0.1, 0.15) is 10.0 Å². The Morgan fingerprint density at radius 1 is 1.00 bits per heavy atom. The molecule has 0 amide bonds. The normalized spacial score (nSPS) is 10.2. The van der Waals surface area contributed by atoms with Crippen LogP contribution < -0.4 is 4.73 Å². The smallest absolute Gasteiger partial charge is 0.306 e. The molecule has 6 heteroatoms. The molecule has 0 N–H and O–H groups in total.